The van der Waals surface area contributed by atoms with E-state index in [0.29, 0.717) is 6.04 Å². The van der Waals surface area contributed by atoms with Gasteiger partial charge in [0.1, 0.15) is 0 Å². The van der Waals surface area contributed by atoms with E-state index in [9.17, 15) is 0 Å². The predicted molar refractivity (Wildman–Crippen MR) is 71.8 cm³/mol. The van der Waals surface area contributed by atoms with E-state index in [4.69, 9.17) is 5.73 Å². The van der Waals surface area contributed by atoms with Gasteiger partial charge in [-0.3, -0.25) is 0 Å². The predicted octanol–water partition coefficient (Wildman–Crippen LogP) is 1.55. The summed E-state index contributed by atoms with van der Waals surface area (Å²) >= 11 is 0. The highest BCUT2D eigenvalue weighted by Gasteiger charge is 2.16. The molecule has 94 valence electrons. The number of nitrogens with two attached hydrogens (primary N) is 1. The fourth-order valence-corrected chi connectivity index (χ4v) is 2.42. The normalized spacial score (nSPS) is 19.7. The average molecular weight is 233 g/mol. The molecular formula is C14H23N3. The molecule has 3 nitrogen and oxygen atoms in total. The van der Waals surface area contributed by atoms with Crippen LogP contribution in [0.2, 0.25) is 0 Å². The van der Waals surface area contributed by atoms with Crippen LogP contribution in [0.15, 0.2) is 24.3 Å². The van der Waals surface area contributed by atoms with Gasteiger partial charge in [0.15, 0.2) is 0 Å². The monoisotopic (exact) mass is 233 g/mol. The molecule has 0 bridgehead atoms. The van der Waals surface area contributed by atoms with Crippen molar-refractivity contribution in [3.63, 3.8) is 0 Å². The number of hydrogen-bond acceptors (Lipinski definition) is 3. The molecule has 1 unspecified atom stereocenters. The lowest BCUT2D eigenvalue weighted by Crippen LogP contribution is -2.24. The molecule has 0 saturated heterocycles. The second kappa shape index (κ2) is 6.74. The number of benzene rings is 1. The van der Waals surface area contributed by atoms with Crippen molar-refractivity contribution in [2.75, 3.05) is 19.6 Å². The molecule has 1 atom stereocenters. The Morgan fingerprint density at radius 3 is 3.06 bits per heavy atom. The highest BCUT2D eigenvalue weighted by atomic mass is 14.9. The summed E-state index contributed by atoms with van der Waals surface area (Å²) in [4.78, 5) is 0. The molecule has 1 aromatic rings. The van der Waals surface area contributed by atoms with E-state index in [0.717, 1.165) is 32.6 Å². The minimum Gasteiger partial charge on any atom is -0.330 e. The largest absolute Gasteiger partial charge is 0.330 e. The van der Waals surface area contributed by atoms with Crippen LogP contribution in [0, 0.1) is 0 Å². The third-order valence-electron chi connectivity index (χ3n) is 3.38. The minimum absolute atomic E-state index is 0.499. The van der Waals surface area contributed by atoms with Gasteiger partial charge in [-0.15, -0.1) is 0 Å². The Labute approximate surface area is 104 Å². The van der Waals surface area contributed by atoms with Crippen molar-refractivity contribution in [3.05, 3.63) is 35.4 Å². The summed E-state index contributed by atoms with van der Waals surface area (Å²) in [7, 11) is 0. The van der Waals surface area contributed by atoms with E-state index in [1.54, 1.807) is 0 Å². The zero-order valence-electron chi connectivity index (χ0n) is 10.4. The van der Waals surface area contributed by atoms with Crippen molar-refractivity contribution in [3.8, 4) is 0 Å². The van der Waals surface area contributed by atoms with Crippen LogP contribution in [-0.4, -0.2) is 19.6 Å². The Balaban J connectivity index is 1.97. The van der Waals surface area contributed by atoms with Crippen LogP contribution in [0.1, 0.15) is 36.4 Å². The van der Waals surface area contributed by atoms with E-state index in [-0.39, 0.29) is 0 Å². The number of unbranched alkanes of at least 4 members (excludes halogenated alkanes) is 1. The van der Waals surface area contributed by atoms with E-state index in [1.807, 2.05) is 0 Å². The van der Waals surface area contributed by atoms with E-state index < -0.39 is 0 Å². The maximum absolute atomic E-state index is 5.51. The molecule has 1 aliphatic rings. The van der Waals surface area contributed by atoms with Crippen molar-refractivity contribution in [2.24, 2.45) is 5.73 Å². The molecule has 0 radical (unpaired) electrons. The lowest BCUT2D eigenvalue weighted by molar-refractivity contribution is 0.486. The van der Waals surface area contributed by atoms with Crippen LogP contribution in [-0.2, 0) is 6.54 Å². The molecule has 0 amide bonds. The van der Waals surface area contributed by atoms with Crippen LogP contribution in [0.4, 0.5) is 0 Å². The molecule has 0 fully saturated rings. The number of rotatable bonds is 5. The third kappa shape index (κ3) is 3.53. The fourth-order valence-electron chi connectivity index (χ4n) is 2.42. The smallest absolute Gasteiger partial charge is 0.0335 e. The van der Waals surface area contributed by atoms with Gasteiger partial charge < -0.3 is 16.4 Å². The Bertz CT molecular complexity index is 338. The Morgan fingerprint density at radius 2 is 2.18 bits per heavy atom. The summed E-state index contributed by atoms with van der Waals surface area (Å²) in [5.41, 5.74) is 8.41. The van der Waals surface area contributed by atoms with Gasteiger partial charge in [0.25, 0.3) is 0 Å². The first-order valence-electron chi connectivity index (χ1n) is 6.64. The molecule has 0 aromatic heterocycles. The van der Waals surface area contributed by atoms with Gasteiger partial charge in [-0.05, 0) is 50.0 Å². The summed E-state index contributed by atoms with van der Waals surface area (Å²) in [6.07, 6.45) is 3.45. The van der Waals surface area contributed by atoms with E-state index in [2.05, 4.69) is 34.9 Å². The van der Waals surface area contributed by atoms with E-state index in [1.165, 1.54) is 24.0 Å². The van der Waals surface area contributed by atoms with Crippen molar-refractivity contribution < 1.29 is 0 Å². The molecule has 3 heteroatoms. The van der Waals surface area contributed by atoms with Crippen molar-refractivity contribution >= 4 is 0 Å². The molecular weight excluding hydrogens is 210 g/mol. The molecule has 1 heterocycles. The van der Waals surface area contributed by atoms with Gasteiger partial charge in [0, 0.05) is 12.6 Å². The Hall–Kier alpha value is -0.900. The molecule has 17 heavy (non-hydrogen) atoms. The molecule has 0 spiro atoms. The van der Waals surface area contributed by atoms with Crippen LogP contribution >= 0.6 is 0 Å². The summed E-state index contributed by atoms with van der Waals surface area (Å²) in [6, 6.07) is 9.24. The Morgan fingerprint density at radius 1 is 1.29 bits per heavy atom. The van der Waals surface area contributed by atoms with Gasteiger partial charge in [-0.25, -0.2) is 0 Å². The van der Waals surface area contributed by atoms with Crippen LogP contribution < -0.4 is 16.4 Å². The number of nitrogens with one attached hydrogen (secondary N) is 2. The van der Waals surface area contributed by atoms with Gasteiger partial charge in [-0.2, -0.15) is 0 Å². The van der Waals surface area contributed by atoms with Crippen LogP contribution in [0.3, 0.4) is 0 Å². The molecule has 2 rings (SSSR count). The second-order valence-corrected chi connectivity index (χ2v) is 4.67. The zero-order valence-corrected chi connectivity index (χ0v) is 10.4. The first-order valence-corrected chi connectivity index (χ1v) is 6.64. The lowest BCUT2D eigenvalue weighted by Gasteiger charge is -2.18. The zero-order chi connectivity index (χ0) is 11.9. The van der Waals surface area contributed by atoms with Gasteiger partial charge in [-0.1, -0.05) is 24.3 Å². The molecule has 0 aliphatic carbocycles. The van der Waals surface area contributed by atoms with Crippen molar-refractivity contribution in [1.29, 1.82) is 0 Å². The van der Waals surface area contributed by atoms with E-state index >= 15 is 0 Å². The van der Waals surface area contributed by atoms with Gasteiger partial charge in [0.05, 0.1) is 0 Å². The van der Waals surface area contributed by atoms with Gasteiger partial charge in [0.2, 0.25) is 0 Å². The minimum atomic E-state index is 0.499. The molecule has 0 saturated carbocycles. The quantitative estimate of drug-likeness (QED) is 0.676. The third-order valence-corrected chi connectivity index (χ3v) is 3.38. The van der Waals surface area contributed by atoms with Crippen molar-refractivity contribution in [1.82, 2.24) is 10.6 Å². The summed E-state index contributed by atoms with van der Waals surface area (Å²) in [5.74, 6) is 0. The summed E-state index contributed by atoms with van der Waals surface area (Å²) < 4.78 is 0. The summed E-state index contributed by atoms with van der Waals surface area (Å²) in [5, 5.41) is 7.13. The highest BCUT2D eigenvalue weighted by molar-refractivity contribution is 5.30. The average Bonchev–Trinajstić information content (AvgIpc) is 2.57. The SMILES string of the molecule is NCCCCNC1CCNCc2ccccc21. The van der Waals surface area contributed by atoms with Gasteiger partial charge >= 0.3 is 0 Å². The fraction of sp³-hybridized carbons (Fsp3) is 0.571. The lowest BCUT2D eigenvalue weighted by atomic mass is 9.99. The maximum Gasteiger partial charge on any atom is 0.0335 e. The number of hydrogen-bond donors (Lipinski definition) is 3. The van der Waals surface area contributed by atoms with Crippen LogP contribution in [0.5, 0.6) is 0 Å². The topological polar surface area (TPSA) is 50.1 Å². The summed E-state index contributed by atoms with van der Waals surface area (Å²) in [6.45, 7) is 3.95. The Kier molecular flexibility index (Phi) is 4.98. The van der Waals surface area contributed by atoms with Crippen molar-refractivity contribution in [2.45, 2.75) is 31.8 Å². The standard InChI is InChI=1S/C14H23N3/c15-8-3-4-9-17-14-7-10-16-11-12-5-1-2-6-13(12)14/h1-2,5-6,14,16-17H,3-4,7-11,15H2. The molecule has 1 aliphatic heterocycles. The van der Waals surface area contributed by atoms with Crippen LogP contribution in [0.25, 0.3) is 0 Å². The maximum atomic E-state index is 5.51. The molecule has 4 N–H and O–H groups in total. The first-order chi connectivity index (χ1) is 8.42. The molecule has 1 aromatic carbocycles. The second-order valence-electron chi connectivity index (χ2n) is 4.67. The first kappa shape index (κ1) is 12.6. The highest BCUT2D eigenvalue weighted by Crippen LogP contribution is 2.23. The number of fused-ring (bicyclic) bond motifs is 1.